The van der Waals surface area contributed by atoms with Crippen molar-refractivity contribution in [2.75, 3.05) is 13.2 Å². The van der Waals surface area contributed by atoms with Crippen molar-refractivity contribution in [3.63, 3.8) is 0 Å². The van der Waals surface area contributed by atoms with Crippen LogP contribution in [0.2, 0.25) is 0 Å². The van der Waals surface area contributed by atoms with E-state index in [4.69, 9.17) is 5.11 Å². The summed E-state index contributed by atoms with van der Waals surface area (Å²) >= 11 is 0. The fourth-order valence-corrected chi connectivity index (χ4v) is 1.57. The van der Waals surface area contributed by atoms with Gasteiger partial charge in [0.25, 0.3) is 0 Å². The molecule has 0 aromatic carbocycles. The highest BCUT2D eigenvalue weighted by atomic mass is 16.3. The summed E-state index contributed by atoms with van der Waals surface area (Å²) in [5, 5.41) is 33.2. The topological polar surface area (TPSA) is 102 Å². The number of nitrogens with one attached hydrogen (secondary N) is 2. The van der Waals surface area contributed by atoms with E-state index in [1.807, 2.05) is 0 Å². The van der Waals surface area contributed by atoms with Crippen molar-refractivity contribution in [2.24, 2.45) is 0 Å². The molecule has 0 bridgehead atoms. The second-order valence-electron chi connectivity index (χ2n) is 3.49. The first kappa shape index (κ1) is 11.4. The summed E-state index contributed by atoms with van der Waals surface area (Å²) < 4.78 is 0. The summed E-state index contributed by atoms with van der Waals surface area (Å²) in [4.78, 5) is 10.7. The second kappa shape index (κ2) is 4.70. The Morgan fingerprint density at radius 3 is 2.64 bits per heavy atom. The van der Waals surface area contributed by atoms with E-state index in [9.17, 15) is 15.0 Å². The number of aliphatic hydroxyl groups excluding tert-OH is 3. The average molecular weight is 204 g/mol. The normalized spacial score (nSPS) is 38.0. The van der Waals surface area contributed by atoms with E-state index in [1.54, 1.807) is 0 Å². The fraction of sp³-hybridized carbons (Fsp3) is 0.875. The number of amides is 1. The average Bonchev–Trinajstić information content (AvgIpc) is 2.13. The third-order valence-corrected chi connectivity index (χ3v) is 2.36. The van der Waals surface area contributed by atoms with Crippen molar-refractivity contribution < 1.29 is 20.1 Å². The Hall–Kier alpha value is -0.690. The second-order valence-corrected chi connectivity index (χ2v) is 3.49. The predicted octanol–water partition coefficient (Wildman–Crippen LogP) is -2.82. The lowest BCUT2D eigenvalue weighted by Gasteiger charge is -2.37. The number of aliphatic hydroxyl groups is 3. The molecule has 1 saturated heterocycles. The highest BCUT2D eigenvalue weighted by Gasteiger charge is 2.36. The summed E-state index contributed by atoms with van der Waals surface area (Å²) in [6.45, 7) is 1.44. The summed E-state index contributed by atoms with van der Waals surface area (Å²) in [5.74, 6) is -0.259. The molecule has 14 heavy (non-hydrogen) atoms. The van der Waals surface area contributed by atoms with Gasteiger partial charge in [-0.2, -0.15) is 0 Å². The van der Waals surface area contributed by atoms with E-state index < -0.39 is 24.3 Å². The van der Waals surface area contributed by atoms with Gasteiger partial charge in [0.05, 0.1) is 24.8 Å². The van der Waals surface area contributed by atoms with Crippen molar-refractivity contribution in [1.82, 2.24) is 10.6 Å². The van der Waals surface area contributed by atoms with Crippen LogP contribution >= 0.6 is 0 Å². The number of rotatable bonds is 2. The van der Waals surface area contributed by atoms with Crippen molar-refractivity contribution in [2.45, 2.75) is 31.2 Å². The molecular formula is C8H16N2O4. The Bertz CT molecular complexity index is 212. The summed E-state index contributed by atoms with van der Waals surface area (Å²) in [7, 11) is 0. The Morgan fingerprint density at radius 2 is 2.14 bits per heavy atom. The maximum absolute atomic E-state index is 10.7. The number of hydrogen-bond donors (Lipinski definition) is 5. The van der Waals surface area contributed by atoms with E-state index in [2.05, 4.69) is 10.6 Å². The van der Waals surface area contributed by atoms with Gasteiger partial charge in [-0.1, -0.05) is 0 Å². The van der Waals surface area contributed by atoms with Gasteiger partial charge in [-0.05, 0) is 0 Å². The van der Waals surface area contributed by atoms with Gasteiger partial charge in [-0.15, -0.1) is 0 Å². The highest BCUT2D eigenvalue weighted by Crippen LogP contribution is 2.10. The molecule has 1 aliphatic rings. The number of hydrogen-bond acceptors (Lipinski definition) is 5. The van der Waals surface area contributed by atoms with Crippen LogP contribution in [-0.2, 0) is 4.79 Å². The number of carbonyl (C=O) groups is 1. The van der Waals surface area contributed by atoms with Crippen molar-refractivity contribution >= 4 is 5.91 Å². The Kier molecular flexibility index (Phi) is 3.82. The molecule has 1 fully saturated rings. The van der Waals surface area contributed by atoms with E-state index in [-0.39, 0.29) is 12.5 Å². The maximum atomic E-state index is 10.7. The first-order chi connectivity index (χ1) is 6.56. The SMILES string of the molecule is CC(=O)NC1CNC(CO)[C@@H](O)[C@@H]1O. The Morgan fingerprint density at radius 1 is 1.50 bits per heavy atom. The molecule has 0 spiro atoms. The molecule has 0 radical (unpaired) electrons. The van der Waals surface area contributed by atoms with Crippen LogP contribution < -0.4 is 10.6 Å². The lowest BCUT2D eigenvalue weighted by atomic mass is 9.94. The van der Waals surface area contributed by atoms with Gasteiger partial charge in [0.15, 0.2) is 0 Å². The van der Waals surface area contributed by atoms with E-state index >= 15 is 0 Å². The van der Waals surface area contributed by atoms with Crippen LogP contribution in [-0.4, -0.2) is 58.7 Å². The molecule has 1 amide bonds. The molecule has 82 valence electrons. The van der Waals surface area contributed by atoms with Gasteiger partial charge in [0, 0.05) is 13.5 Å². The minimum absolute atomic E-state index is 0.245. The zero-order valence-electron chi connectivity index (χ0n) is 7.97. The molecular weight excluding hydrogens is 188 g/mol. The third kappa shape index (κ3) is 2.42. The zero-order chi connectivity index (χ0) is 10.7. The first-order valence-electron chi connectivity index (χ1n) is 4.53. The lowest BCUT2D eigenvalue weighted by molar-refractivity contribution is -0.122. The van der Waals surface area contributed by atoms with Crippen LogP contribution in [0.4, 0.5) is 0 Å². The minimum atomic E-state index is -1.06. The van der Waals surface area contributed by atoms with E-state index in [1.165, 1.54) is 6.92 Å². The molecule has 0 aromatic heterocycles. The lowest BCUT2D eigenvalue weighted by Crippen LogP contribution is -2.65. The molecule has 1 rings (SSSR count). The van der Waals surface area contributed by atoms with Gasteiger partial charge >= 0.3 is 0 Å². The number of carbonyl (C=O) groups excluding carboxylic acids is 1. The number of piperidine rings is 1. The summed E-state index contributed by atoms with van der Waals surface area (Å²) in [6.07, 6.45) is -2.11. The van der Waals surface area contributed by atoms with E-state index in [0.29, 0.717) is 6.54 Å². The van der Waals surface area contributed by atoms with Crippen LogP contribution in [0.15, 0.2) is 0 Å². The Labute approximate surface area is 81.9 Å². The van der Waals surface area contributed by atoms with Crippen LogP contribution in [0, 0.1) is 0 Å². The fourth-order valence-electron chi connectivity index (χ4n) is 1.57. The molecule has 1 aliphatic heterocycles. The van der Waals surface area contributed by atoms with Gasteiger partial charge in [-0.3, -0.25) is 4.79 Å². The van der Waals surface area contributed by atoms with Crippen molar-refractivity contribution in [3.8, 4) is 0 Å². The summed E-state index contributed by atoms with van der Waals surface area (Å²) in [5.41, 5.74) is 0. The Balaban J connectivity index is 2.54. The standard InChI is InChI=1S/C8H16N2O4/c1-4(12)10-5-2-9-6(3-11)8(14)7(5)13/h5-9,11,13-14H,2-3H2,1H3,(H,10,12)/t5?,6?,7-,8-/m1/s1. The molecule has 0 aromatic rings. The van der Waals surface area contributed by atoms with Crippen LogP contribution in [0.25, 0.3) is 0 Å². The predicted molar refractivity (Wildman–Crippen MR) is 48.5 cm³/mol. The van der Waals surface area contributed by atoms with Crippen molar-refractivity contribution in [1.29, 1.82) is 0 Å². The third-order valence-electron chi connectivity index (χ3n) is 2.36. The van der Waals surface area contributed by atoms with Crippen molar-refractivity contribution in [3.05, 3.63) is 0 Å². The first-order valence-corrected chi connectivity index (χ1v) is 4.53. The van der Waals surface area contributed by atoms with Crippen LogP contribution in [0.1, 0.15) is 6.92 Å². The molecule has 0 aliphatic carbocycles. The van der Waals surface area contributed by atoms with Gasteiger partial charge < -0.3 is 26.0 Å². The molecule has 0 saturated carbocycles. The largest absolute Gasteiger partial charge is 0.395 e. The molecule has 4 atom stereocenters. The van der Waals surface area contributed by atoms with Crippen LogP contribution in [0.3, 0.4) is 0 Å². The molecule has 5 N–H and O–H groups in total. The van der Waals surface area contributed by atoms with Crippen LogP contribution in [0.5, 0.6) is 0 Å². The maximum Gasteiger partial charge on any atom is 0.217 e. The molecule has 2 unspecified atom stereocenters. The zero-order valence-corrected chi connectivity index (χ0v) is 7.97. The highest BCUT2D eigenvalue weighted by molar-refractivity contribution is 5.73. The van der Waals surface area contributed by atoms with Gasteiger partial charge in [0.1, 0.15) is 6.10 Å². The van der Waals surface area contributed by atoms with E-state index in [0.717, 1.165) is 0 Å². The minimum Gasteiger partial charge on any atom is -0.395 e. The quantitative estimate of drug-likeness (QED) is 0.334. The monoisotopic (exact) mass is 204 g/mol. The summed E-state index contributed by atoms with van der Waals surface area (Å²) in [6, 6.07) is -1.04. The molecule has 6 nitrogen and oxygen atoms in total. The van der Waals surface area contributed by atoms with Gasteiger partial charge in [0.2, 0.25) is 5.91 Å². The van der Waals surface area contributed by atoms with Gasteiger partial charge in [-0.25, -0.2) is 0 Å². The smallest absolute Gasteiger partial charge is 0.217 e. The molecule has 1 heterocycles. The molecule has 6 heteroatoms.